The van der Waals surface area contributed by atoms with E-state index in [0.717, 1.165) is 16.7 Å². The maximum Gasteiger partial charge on any atom is 0.0883 e. The number of hydrogen-bond donors (Lipinski definition) is 0. The maximum atomic E-state index is 3.67. The summed E-state index contributed by atoms with van der Waals surface area (Å²) in [6, 6.07) is 23.4. The molecule has 0 fully saturated rings. The van der Waals surface area contributed by atoms with Crippen molar-refractivity contribution in [2.24, 2.45) is 0 Å². The average Bonchev–Trinajstić information content (AvgIpc) is 2.68. The predicted molar refractivity (Wildman–Crippen MR) is 134 cm³/mol. The molecule has 1 heteroatoms. The molecular weight excluding hydrogens is 376 g/mol. The van der Waals surface area contributed by atoms with Crippen molar-refractivity contribution in [2.45, 2.75) is 40.4 Å². The van der Waals surface area contributed by atoms with Crippen LogP contribution in [0.15, 0.2) is 72.5 Å². The fraction of sp³-hybridized carbons (Fsp3) is 0.207. The highest BCUT2D eigenvalue weighted by atomic mass is 28.3. The molecule has 0 aromatic heterocycles. The molecule has 0 saturated heterocycles. The lowest BCUT2D eigenvalue weighted by atomic mass is 10.0. The van der Waals surface area contributed by atoms with Crippen LogP contribution in [0.25, 0.3) is 11.3 Å². The molecule has 3 aromatic carbocycles. The van der Waals surface area contributed by atoms with Crippen LogP contribution in [0.3, 0.4) is 0 Å². The highest BCUT2D eigenvalue weighted by Crippen LogP contribution is 2.26. The van der Waals surface area contributed by atoms with Crippen LogP contribution in [-0.2, 0) is 0 Å². The van der Waals surface area contributed by atoms with E-state index in [9.17, 15) is 0 Å². The lowest BCUT2D eigenvalue weighted by Crippen LogP contribution is -2.22. The van der Waals surface area contributed by atoms with Crippen molar-refractivity contribution < 1.29 is 0 Å². The first-order valence-corrected chi connectivity index (χ1v) is 14.0. The second-order valence-corrected chi connectivity index (χ2v) is 13.9. The molecule has 0 N–H and O–H groups in total. The normalized spacial score (nSPS) is 10.6. The highest BCUT2D eigenvalue weighted by Gasteiger charge is 2.21. The van der Waals surface area contributed by atoms with Crippen LogP contribution in [0.2, 0.25) is 19.6 Å². The van der Waals surface area contributed by atoms with Crippen LogP contribution < -0.4 is 0 Å². The van der Waals surface area contributed by atoms with E-state index in [1.165, 1.54) is 27.5 Å². The van der Waals surface area contributed by atoms with Crippen LogP contribution >= 0.6 is 0 Å². The molecule has 30 heavy (non-hydrogen) atoms. The molecule has 0 aliphatic carbocycles. The molecule has 0 radical (unpaired) electrons. The monoisotopic (exact) mass is 406 g/mol. The Morgan fingerprint density at radius 1 is 0.767 bits per heavy atom. The number of aryl methyl sites for hydroxylation is 3. The van der Waals surface area contributed by atoms with E-state index < -0.39 is 8.07 Å². The standard InChI is InChI=1S/C29H30Si/c1-22-11-9-16-27(21-22)29(30(4,5)6)20-18-26-15-8-7-14-25(26)17-19-28-23(2)12-10-13-24(28)3/h7-16,18,21H,1-6H3. The van der Waals surface area contributed by atoms with Crippen molar-refractivity contribution in [2.75, 3.05) is 0 Å². The van der Waals surface area contributed by atoms with Gasteiger partial charge in [-0.1, -0.05) is 97.7 Å². The minimum Gasteiger partial charge on any atom is -0.121 e. The van der Waals surface area contributed by atoms with Crippen LogP contribution in [0, 0.1) is 32.6 Å². The molecule has 0 unspecified atom stereocenters. The van der Waals surface area contributed by atoms with Crippen molar-refractivity contribution in [1.29, 1.82) is 0 Å². The predicted octanol–water partition coefficient (Wildman–Crippen LogP) is 7.58. The molecule has 0 spiro atoms. The second-order valence-electron chi connectivity index (χ2n) is 8.89. The highest BCUT2D eigenvalue weighted by molar-refractivity contribution is 6.93. The molecule has 0 bridgehead atoms. The number of hydrogen-bond acceptors (Lipinski definition) is 0. The van der Waals surface area contributed by atoms with Gasteiger partial charge in [0.15, 0.2) is 0 Å². The Kier molecular flexibility index (Phi) is 6.63. The third-order valence-electron chi connectivity index (χ3n) is 5.19. The zero-order valence-electron chi connectivity index (χ0n) is 18.9. The minimum absolute atomic E-state index is 1.03. The van der Waals surface area contributed by atoms with Crippen molar-refractivity contribution in [1.82, 2.24) is 0 Å². The van der Waals surface area contributed by atoms with Crippen molar-refractivity contribution in [3.05, 3.63) is 111 Å². The van der Waals surface area contributed by atoms with E-state index >= 15 is 0 Å². The van der Waals surface area contributed by atoms with E-state index in [0.29, 0.717) is 0 Å². The molecule has 0 amide bonds. The third kappa shape index (κ3) is 5.31. The van der Waals surface area contributed by atoms with Crippen LogP contribution in [0.4, 0.5) is 0 Å². The molecule has 0 heterocycles. The van der Waals surface area contributed by atoms with Gasteiger partial charge in [-0.25, -0.2) is 0 Å². The lowest BCUT2D eigenvalue weighted by molar-refractivity contribution is 1.35. The fourth-order valence-electron chi connectivity index (χ4n) is 3.56. The maximum absolute atomic E-state index is 3.67. The van der Waals surface area contributed by atoms with E-state index in [4.69, 9.17) is 0 Å². The van der Waals surface area contributed by atoms with E-state index in [1.807, 2.05) is 0 Å². The van der Waals surface area contributed by atoms with Gasteiger partial charge in [0, 0.05) is 11.1 Å². The first-order valence-electron chi connectivity index (χ1n) is 10.5. The Labute approximate surface area is 183 Å². The molecule has 0 nitrogen and oxygen atoms in total. The zero-order chi connectivity index (χ0) is 21.7. The van der Waals surface area contributed by atoms with Crippen molar-refractivity contribution >= 4 is 19.3 Å². The van der Waals surface area contributed by atoms with Gasteiger partial charge in [-0.15, -0.1) is 5.73 Å². The summed E-state index contributed by atoms with van der Waals surface area (Å²) >= 11 is 0. The molecular formula is C29H30Si. The minimum atomic E-state index is -1.57. The summed E-state index contributed by atoms with van der Waals surface area (Å²) in [5.74, 6) is 6.80. The first-order chi connectivity index (χ1) is 14.3. The van der Waals surface area contributed by atoms with Gasteiger partial charge in [-0.2, -0.15) is 0 Å². The van der Waals surface area contributed by atoms with Crippen molar-refractivity contribution in [3.8, 4) is 11.8 Å². The first kappa shape index (κ1) is 21.7. The van der Waals surface area contributed by atoms with Gasteiger partial charge in [0.25, 0.3) is 0 Å². The molecule has 0 saturated carbocycles. The van der Waals surface area contributed by atoms with Crippen LogP contribution in [0.1, 0.15) is 38.9 Å². The smallest absolute Gasteiger partial charge is 0.0883 e. The van der Waals surface area contributed by atoms with Crippen molar-refractivity contribution in [3.63, 3.8) is 0 Å². The van der Waals surface area contributed by atoms with Gasteiger partial charge in [0.1, 0.15) is 0 Å². The Morgan fingerprint density at radius 2 is 1.43 bits per heavy atom. The lowest BCUT2D eigenvalue weighted by Gasteiger charge is -2.19. The molecule has 3 aromatic rings. The third-order valence-corrected chi connectivity index (χ3v) is 7.13. The second kappa shape index (κ2) is 9.18. The molecule has 0 atom stereocenters. The van der Waals surface area contributed by atoms with Crippen LogP contribution in [0.5, 0.6) is 0 Å². The largest absolute Gasteiger partial charge is 0.121 e. The Balaban J connectivity index is 2.09. The summed E-state index contributed by atoms with van der Waals surface area (Å²) in [6.45, 7) is 13.5. The summed E-state index contributed by atoms with van der Waals surface area (Å²) < 4.78 is 0. The van der Waals surface area contributed by atoms with Gasteiger partial charge < -0.3 is 0 Å². The Hall–Kier alpha value is -3.04. The summed E-state index contributed by atoms with van der Waals surface area (Å²) in [6.07, 6.45) is 2.12. The summed E-state index contributed by atoms with van der Waals surface area (Å²) in [4.78, 5) is 0. The topological polar surface area (TPSA) is 0 Å². The summed E-state index contributed by atoms with van der Waals surface area (Å²) in [7, 11) is -1.57. The van der Waals surface area contributed by atoms with Gasteiger partial charge in [-0.05, 0) is 60.4 Å². The van der Waals surface area contributed by atoms with Crippen LogP contribution in [-0.4, -0.2) is 8.07 Å². The fourth-order valence-corrected chi connectivity index (χ4v) is 5.09. The number of benzene rings is 3. The zero-order valence-corrected chi connectivity index (χ0v) is 19.9. The van der Waals surface area contributed by atoms with Gasteiger partial charge in [0.05, 0.1) is 8.07 Å². The van der Waals surface area contributed by atoms with E-state index in [2.05, 4.69) is 131 Å². The van der Waals surface area contributed by atoms with Gasteiger partial charge >= 0.3 is 0 Å². The molecule has 150 valence electrons. The van der Waals surface area contributed by atoms with Gasteiger partial charge in [0.2, 0.25) is 0 Å². The van der Waals surface area contributed by atoms with E-state index in [-0.39, 0.29) is 0 Å². The molecule has 0 aliphatic rings. The summed E-state index contributed by atoms with van der Waals surface area (Å²) in [5.41, 5.74) is 11.9. The SMILES string of the molecule is Cc1cccc(C(=C=Cc2ccccc2C#Cc2c(C)cccc2C)[Si](C)(C)C)c1. The van der Waals surface area contributed by atoms with Gasteiger partial charge in [-0.3, -0.25) is 0 Å². The average molecular weight is 407 g/mol. The quantitative estimate of drug-likeness (QED) is 0.239. The number of rotatable bonds is 3. The van der Waals surface area contributed by atoms with E-state index in [1.54, 1.807) is 0 Å². The Bertz CT molecular complexity index is 1170. The molecule has 0 aliphatic heterocycles. The molecule has 3 rings (SSSR count). The summed E-state index contributed by atoms with van der Waals surface area (Å²) in [5, 5.41) is 1.34. The Morgan fingerprint density at radius 3 is 2.10 bits per heavy atom.